The molecule has 0 atom stereocenters. The summed E-state index contributed by atoms with van der Waals surface area (Å²) in [5.74, 6) is -0.559. The van der Waals surface area contributed by atoms with Gasteiger partial charge in [0.2, 0.25) is 5.82 Å². The molecule has 0 spiro atoms. The molecule has 0 fully saturated rings. The summed E-state index contributed by atoms with van der Waals surface area (Å²) in [7, 11) is 0. The molecule has 22 heavy (non-hydrogen) atoms. The molecule has 110 valence electrons. The van der Waals surface area contributed by atoms with E-state index in [0.717, 1.165) is 22.3 Å². The van der Waals surface area contributed by atoms with Crippen molar-refractivity contribution < 1.29 is 9.31 Å². The summed E-state index contributed by atoms with van der Waals surface area (Å²) < 4.78 is 14.5. The first-order valence-corrected chi connectivity index (χ1v) is 6.95. The monoisotopic (exact) mass is 362 g/mol. The Labute approximate surface area is 132 Å². The maximum absolute atomic E-state index is 13.7. The maximum Gasteiger partial charge on any atom is 0.305 e. The van der Waals surface area contributed by atoms with E-state index < -0.39 is 16.4 Å². The first kappa shape index (κ1) is 14.3. The van der Waals surface area contributed by atoms with Crippen LogP contribution in [-0.2, 0) is 0 Å². The van der Waals surface area contributed by atoms with Crippen LogP contribution in [0.3, 0.4) is 0 Å². The number of hydrogen-bond donors (Lipinski definition) is 1. The van der Waals surface area contributed by atoms with Crippen LogP contribution in [0.2, 0.25) is 0 Å². The Kier molecular flexibility index (Phi) is 3.68. The van der Waals surface area contributed by atoms with Crippen LogP contribution in [0.25, 0.3) is 10.9 Å². The highest BCUT2D eigenvalue weighted by Gasteiger charge is 2.17. The van der Waals surface area contributed by atoms with E-state index >= 15 is 0 Å². The van der Waals surface area contributed by atoms with Gasteiger partial charge in [0.1, 0.15) is 12.1 Å². The van der Waals surface area contributed by atoms with Gasteiger partial charge in [-0.3, -0.25) is 10.1 Å². The molecule has 3 rings (SSSR count). The molecule has 0 aliphatic carbocycles. The first-order chi connectivity index (χ1) is 10.5. The van der Waals surface area contributed by atoms with E-state index in [9.17, 15) is 14.5 Å². The van der Waals surface area contributed by atoms with Crippen molar-refractivity contribution in [1.29, 1.82) is 0 Å². The molecular weight excluding hydrogens is 355 g/mol. The van der Waals surface area contributed by atoms with Crippen molar-refractivity contribution in [1.82, 2.24) is 9.97 Å². The van der Waals surface area contributed by atoms with Gasteiger partial charge in [0, 0.05) is 22.3 Å². The molecule has 0 saturated carbocycles. The lowest BCUT2D eigenvalue weighted by molar-refractivity contribution is -0.387. The van der Waals surface area contributed by atoms with Gasteiger partial charge in [0.25, 0.3) is 0 Å². The predicted molar refractivity (Wildman–Crippen MR) is 83.6 cm³/mol. The van der Waals surface area contributed by atoms with Crippen molar-refractivity contribution in [3.05, 3.63) is 63.1 Å². The number of halogens is 2. The number of nitrogens with zero attached hydrogens (tertiary/aromatic N) is 3. The molecule has 0 aliphatic rings. The van der Waals surface area contributed by atoms with Crippen LogP contribution in [0.15, 0.2) is 47.2 Å². The van der Waals surface area contributed by atoms with Crippen LogP contribution in [0.1, 0.15) is 0 Å². The Balaban J connectivity index is 2.13. The number of rotatable bonds is 3. The fourth-order valence-electron chi connectivity index (χ4n) is 2.01. The second kappa shape index (κ2) is 5.64. The van der Waals surface area contributed by atoms with Gasteiger partial charge in [-0.25, -0.2) is 9.97 Å². The average Bonchev–Trinajstić information content (AvgIpc) is 2.46. The lowest BCUT2D eigenvalue weighted by Gasteiger charge is -2.08. The Morgan fingerprint density at radius 1 is 1.23 bits per heavy atom. The topological polar surface area (TPSA) is 81.0 Å². The predicted octanol–water partition coefficient (Wildman–Crippen LogP) is 4.18. The van der Waals surface area contributed by atoms with E-state index in [4.69, 9.17) is 0 Å². The summed E-state index contributed by atoms with van der Waals surface area (Å²) in [5, 5.41) is 14.3. The van der Waals surface area contributed by atoms with Gasteiger partial charge in [-0.2, -0.15) is 4.39 Å². The molecule has 0 bridgehead atoms. The molecule has 1 N–H and O–H groups in total. The standard InChI is InChI=1S/C14H8BrFN4O2/c15-8-2-1-3-9(4-8)19-14-10-5-13(20(21)22)11(16)6-12(10)17-7-18-14/h1-7H,(H,17,18,19). The van der Waals surface area contributed by atoms with E-state index in [0.29, 0.717) is 11.2 Å². The summed E-state index contributed by atoms with van der Waals surface area (Å²) in [6, 6.07) is 9.50. The van der Waals surface area contributed by atoms with Crippen molar-refractivity contribution in [3.63, 3.8) is 0 Å². The highest BCUT2D eigenvalue weighted by atomic mass is 79.9. The van der Waals surface area contributed by atoms with Gasteiger partial charge in [-0.05, 0) is 18.2 Å². The second-order valence-electron chi connectivity index (χ2n) is 4.44. The zero-order valence-electron chi connectivity index (χ0n) is 11.0. The molecule has 0 radical (unpaired) electrons. The fourth-order valence-corrected chi connectivity index (χ4v) is 2.41. The number of fused-ring (bicyclic) bond motifs is 1. The van der Waals surface area contributed by atoms with Crippen LogP contribution in [0.4, 0.5) is 21.6 Å². The zero-order chi connectivity index (χ0) is 15.7. The Bertz CT molecular complexity index is 888. The third-order valence-electron chi connectivity index (χ3n) is 2.99. The molecule has 8 heteroatoms. The first-order valence-electron chi connectivity index (χ1n) is 6.16. The number of aromatic nitrogens is 2. The average molecular weight is 363 g/mol. The minimum Gasteiger partial charge on any atom is -0.340 e. The van der Waals surface area contributed by atoms with Crippen LogP contribution in [-0.4, -0.2) is 14.9 Å². The number of nitro benzene ring substituents is 1. The molecule has 3 aromatic rings. The smallest absolute Gasteiger partial charge is 0.305 e. The summed E-state index contributed by atoms with van der Waals surface area (Å²) in [6.07, 6.45) is 1.27. The van der Waals surface area contributed by atoms with Crippen LogP contribution in [0.5, 0.6) is 0 Å². The summed E-state index contributed by atoms with van der Waals surface area (Å²) in [6.45, 7) is 0. The molecule has 0 amide bonds. The molecule has 0 unspecified atom stereocenters. The van der Waals surface area contributed by atoms with Crippen molar-refractivity contribution in [3.8, 4) is 0 Å². The summed E-state index contributed by atoms with van der Waals surface area (Å²) >= 11 is 3.35. The van der Waals surface area contributed by atoms with Crippen molar-refractivity contribution in [2.45, 2.75) is 0 Å². The largest absolute Gasteiger partial charge is 0.340 e. The fraction of sp³-hybridized carbons (Fsp3) is 0. The van der Waals surface area contributed by atoms with Crippen molar-refractivity contribution in [2.24, 2.45) is 0 Å². The molecule has 0 aliphatic heterocycles. The van der Waals surface area contributed by atoms with E-state index in [2.05, 4.69) is 31.2 Å². The normalized spacial score (nSPS) is 10.6. The van der Waals surface area contributed by atoms with Crippen LogP contribution >= 0.6 is 15.9 Å². The van der Waals surface area contributed by atoms with Crippen LogP contribution < -0.4 is 5.32 Å². The number of nitro groups is 1. The van der Waals surface area contributed by atoms with E-state index in [1.165, 1.54) is 6.33 Å². The van der Waals surface area contributed by atoms with Gasteiger partial charge in [-0.1, -0.05) is 22.0 Å². The summed E-state index contributed by atoms with van der Waals surface area (Å²) in [5.41, 5.74) is 0.413. The van der Waals surface area contributed by atoms with E-state index in [1.807, 2.05) is 24.3 Å². The van der Waals surface area contributed by atoms with Gasteiger partial charge in [-0.15, -0.1) is 0 Å². The zero-order valence-corrected chi connectivity index (χ0v) is 12.5. The Morgan fingerprint density at radius 3 is 2.77 bits per heavy atom. The Hall–Kier alpha value is -2.61. The van der Waals surface area contributed by atoms with E-state index in [-0.39, 0.29) is 5.52 Å². The van der Waals surface area contributed by atoms with Gasteiger partial charge >= 0.3 is 5.69 Å². The number of benzene rings is 2. The molecule has 0 saturated heterocycles. The van der Waals surface area contributed by atoms with Gasteiger partial charge < -0.3 is 5.32 Å². The van der Waals surface area contributed by atoms with Gasteiger partial charge in [0.05, 0.1) is 15.8 Å². The highest BCUT2D eigenvalue weighted by molar-refractivity contribution is 9.10. The van der Waals surface area contributed by atoms with Crippen molar-refractivity contribution >= 4 is 44.0 Å². The van der Waals surface area contributed by atoms with Crippen LogP contribution in [0, 0.1) is 15.9 Å². The molecule has 6 nitrogen and oxygen atoms in total. The quantitative estimate of drug-likeness (QED) is 0.558. The molecule has 1 aromatic heterocycles. The molecule has 2 aromatic carbocycles. The lowest BCUT2D eigenvalue weighted by Crippen LogP contribution is -1.98. The third-order valence-corrected chi connectivity index (χ3v) is 3.48. The highest BCUT2D eigenvalue weighted by Crippen LogP contribution is 2.29. The summed E-state index contributed by atoms with van der Waals surface area (Å²) in [4.78, 5) is 18.1. The second-order valence-corrected chi connectivity index (χ2v) is 5.35. The Morgan fingerprint density at radius 2 is 2.05 bits per heavy atom. The van der Waals surface area contributed by atoms with Gasteiger partial charge in [0.15, 0.2) is 0 Å². The molecule has 1 heterocycles. The SMILES string of the molecule is O=[N+]([O-])c1cc2c(Nc3cccc(Br)c3)ncnc2cc1F. The number of nitrogens with one attached hydrogen (secondary N) is 1. The maximum atomic E-state index is 13.7. The van der Waals surface area contributed by atoms with E-state index in [1.54, 1.807) is 0 Å². The minimum atomic E-state index is -0.926. The van der Waals surface area contributed by atoms with Crippen molar-refractivity contribution in [2.75, 3.05) is 5.32 Å². The number of anilines is 2. The number of hydrogen-bond acceptors (Lipinski definition) is 5. The minimum absolute atomic E-state index is 0.288. The third kappa shape index (κ3) is 2.73. The molecular formula is C14H8BrFN4O2. The lowest BCUT2D eigenvalue weighted by atomic mass is 10.2.